The van der Waals surface area contributed by atoms with Crippen LogP contribution in [0.2, 0.25) is 0 Å². The zero-order chi connectivity index (χ0) is 18.0. The second-order valence-corrected chi connectivity index (χ2v) is 7.76. The highest BCUT2D eigenvalue weighted by Gasteiger charge is 2.39. The number of hydrogen-bond donors (Lipinski definition) is 0. The van der Waals surface area contributed by atoms with E-state index in [0.29, 0.717) is 0 Å². The van der Waals surface area contributed by atoms with Gasteiger partial charge in [0.05, 0.1) is 13.2 Å². The molecule has 1 atom stereocenters. The Balaban J connectivity index is 1.49. The molecule has 2 saturated heterocycles. The van der Waals surface area contributed by atoms with Crippen molar-refractivity contribution in [3.8, 4) is 5.69 Å². The topological polar surface area (TPSA) is 37.7 Å². The Labute approximate surface area is 155 Å². The van der Waals surface area contributed by atoms with E-state index in [2.05, 4.69) is 11.9 Å². The van der Waals surface area contributed by atoms with E-state index in [-0.39, 0.29) is 11.3 Å². The normalized spacial score (nSPS) is 24.6. The lowest BCUT2D eigenvalue weighted by atomic mass is 9.80. The van der Waals surface area contributed by atoms with Crippen LogP contribution in [0.3, 0.4) is 0 Å². The van der Waals surface area contributed by atoms with Crippen molar-refractivity contribution < 1.29 is 9.53 Å². The monoisotopic (exact) mass is 353 g/mol. The Bertz CT molecular complexity index is 741. The number of ether oxygens (including phenoxy) is 1. The summed E-state index contributed by atoms with van der Waals surface area (Å²) in [4.78, 5) is 17.4. The maximum atomic E-state index is 13.1. The van der Waals surface area contributed by atoms with Gasteiger partial charge in [0.1, 0.15) is 0 Å². The van der Waals surface area contributed by atoms with Crippen molar-refractivity contribution in [3.63, 3.8) is 0 Å². The van der Waals surface area contributed by atoms with Crippen molar-refractivity contribution >= 4 is 5.91 Å². The summed E-state index contributed by atoms with van der Waals surface area (Å²) in [6.07, 6.45) is 6.19. The zero-order valence-electron chi connectivity index (χ0n) is 15.4. The first-order valence-electron chi connectivity index (χ1n) is 9.44. The van der Waals surface area contributed by atoms with Gasteiger partial charge in [0.15, 0.2) is 0 Å². The Kier molecular flexibility index (Phi) is 4.83. The first-order chi connectivity index (χ1) is 12.7. The van der Waals surface area contributed by atoms with E-state index >= 15 is 0 Å². The molecule has 5 heteroatoms. The summed E-state index contributed by atoms with van der Waals surface area (Å²) in [5.74, 6) is 0.134. The summed E-state index contributed by atoms with van der Waals surface area (Å²) in [6.45, 7) is 5.14. The van der Waals surface area contributed by atoms with Crippen LogP contribution in [0.25, 0.3) is 5.69 Å². The summed E-state index contributed by atoms with van der Waals surface area (Å²) >= 11 is 0. The number of carbonyl (C=O) groups excluding carboxylic acids is 1. The number of rotatable bonds is 2. The maximum Gasteiger partial charge on any atom is 0.253 e. The minimum atomic E-state index is 0.0737. The Morgan fingerprint density at radius 3 is 2.62 bits per heavy atom. The fourth-order valence-corrected chi connectivity index (χ4v) is 4.30. The second-order valence-electron chi connectivity index (χ2n) is 7.76. The number of benzene rings is 1. The second kappa shape index (κ2) is 7.25. The molecule has 3 heterocycles. The van der Waals surface area contributed by atoms with Crippen LogP contribution in [0.5, 0.6) is 0 Å². The van der Waals surface area contributed by atoms with E-state index in [9.17, 15) is 4.79 Å². The third kappa shape index (κ3) is 3.55. The van der Waals surface area contributed by atoms with Gasteiger partial charge in [-0.25, -0.2) is 0 Å². The van der Waals surface area contributed by atoms with Gasteiger partial charge in [0, 0.05) is 55.2 Å². The molecule has 0 radical (unpaired) electrons. The zero-order valence-corrected chi connectivity index (χ0v) is 15.4. The fourth-order valence-electron chi connectivity index (χ4n) is 4.30. The Hall–Kier alpha value is -2.11. The van der Waals surface area contributed by atoms with Crippen LogP contribution in [0.1, 0.15) is 23.2 Å². The lowest BCUT2D eigenvalue weighted by Crippen LogP contribution is -2.51. The molecule has 1 amide bonds. The first-order valence-corrected chi connectivity index (χ1v) is 9.44. The molecule has 26 heavy (non-hydrogen) atoms. The number of aromatic nitrogens is 1. The third-order valence-corrected chi connectivity index (χ3v) is 5.60. The SMILES string of the molecule is CN1CCOC[C@@]2(CCCN(C(=O)c3ccc(-n4cccc4)cc3)C2)C1. The maximum absolute atomic E-state index is 13.1. The molecular weight excluding hydrogens is 326 g/mol. The molecule has 0 unspecified atom stereocenters. The summed E-state index contributed by atoms with van der Waals surface area (Å²) in [5.41, 5.74) is 1.91. The minimum absolute atomic E-state index is 0.0737. The van der Waals surface area contributed by atoms with Gasteiger partial charge in [-0.15, -0.1) is 0 Å². The summed E-state index contributed by atoms with van der Waals surface area (Å²) in [5, 5.41) is 0. The van der Waals surface area contributed by atoms with Crippen molar-refractivity contribution in [1.29, 1.82) is 0 Å². The summed E-state index contributed by atoms with van der Waals surface area (Å²) in [7, 11) is 2.15. The van der Waals surface area contributed by atoms with Crippen molar-refractivity contribution in [2.24, 2.45) is 5.41 Å². The molecule has 0 aliphatic carbocycles. The van der Waals surface area contributed by atoms with Gasteiger partial charge < -0.3 is 19.1 Å². The highest BCUT2D eigenvalue weighted by atomic mass is 16.5. The largest absolute Gasteiger partial charge is 0.379 e. The molecule has 0 saturated carbocycles. The third-order valence-electron chi connectivity index (χ3n) is 5.60. The number of likely N-dealkylation sites (tertiary alicyclic amines) is 1. The quantitative estimate of drug-likeness (QED) is 0.833. The smallest absolute Gasteiger partial charge is 0.253 e. The number of likely N-dealkylation sites (N-methyl/N-ethyl adjacent to an activating group) is 1. The average Bonchev–Trinajstić information content (AvgIpc) is 3.14. The molecule has 1 spiro atoms. The van der Waals surface area contributed by atoms with Gasteiger partial charge >= 0.3 is 0 Å². The van der Waals surface area contributed by atoms with Crippen LogP contribution in [0.15, 0.2) is 48.8 Å². The summed E-state index contributed by atoms with van der Waals surface area (Å²) in [6, 6.07) is 11.9. The van der Waals surface area contributed by atoms with Gasteiger partial charge in [-0.05, 0) is 56.3 Å². The number of carbonyl (C=O) groups is 1. The van der Waals surface area contributed by atoms with Crippen LogP contribution in [-0.4, -0.2) is 66.7 Å². The molecule has 0 bridgehead atoms. The van der Waals surface area contributed by atoms with Crippen molar-refractivity contribution in [2.75, 3.05) is 46.4 Å². The predicted octanol–water partition coefficient (Wildman–Crippen LogP) is 2.66. The van der Waals surface area contributed by atoms with Gasteiger partial charge in [-0.3, -0.25) is 4.79 Å². The molecule has 0 N–H and O–H groups in total. The van der Waals surface area contributed by atoms with Crippen molar-refractivity contribution in [1.82, 2.24) is 14.4 Å². The van der Waals surface area contributed by atoms with E-state index < -0.39 is 0 Å². The standard InChI is InChI=1S/C21H27N3O2/c1-22-13-14-26-17-21(15-22)9-4-12-24(16-21)20(25)18-5-7-19(8-6-18)23-10-2-3-11-23/h2-3,5-8,10-11H,4,9,12-17H2,1H3/t21-/m0/s1. The lowest BCUT2D eigenvalue weighted by molar-refractivity contribution is 0.00861. The van der Waals surface area contributed by atoms with Crippen LogP contribution in [0, 0.1) is 5.41 Å². The van der Waals surface area contributed by atoms with Crippen LogP contribution < -0.4 is 0 Å². The number of piperidine rings is 1. The van der Waals surface area contributed by atoms with E-state index in [0.717, 1.165) is 63.5 Å². The van der Waals surface area contributed by atoms with Crippen LogP contribution >= 0.6 is 0 Å². The van der Waals surface area contributed by atoms with E-state index in [1.807, 2.05) is 58.3 Å². The molecule has 5 nitrogen and oxygen atoms in total. The average molecular weight is 353 g/mol. The highest BCUT2D eigenvalue weighted by Crippen LogP contribution is 2.33. The van der Waals surface area contributed by atoms with Gasteiger partial charge in [0.25, 0.3) is 5.91 Å². The predicted molar refractivity (Wildman–Crippen MR) is 102 cm³/mol. The highest BCUT2D eigenvalue weighted by molar-refractivity contribution is 5.94. The lowest BCUT2D eigenvalue weighted by Gasteiger charge is -2.43. The van der Waals surface area contributed by atoms with Gasteiger partial charge in [-0.1, -0.05) is 0 Å². The first kappa shape index (κ1) is 17.3. The molecular formula is C21H27N3O2. The van der Waals surface area contributed by atoms with Gasteiger partial charge in [0.2, 0.25) is 0 Å². The molecule has 2 aliphatic heterocycles. The molecule has 1 aromatic heterocycles. The Morgan fingerprint density at radius 2 is 1.85 bits per heavy atom. The van der Waals surface area contributed by atoms with E-state index in [1.54, 1.807) is 0 Å². The molecule has 4 rings (SSSR count). The molecule has 2 aliphatic rings. The van der Waals surface area contributed by atoms with E-state index in [1.165, 1.54) is 0 Å². The minimum Gasteiger partial charge on any atom is -0.379 e. The van der Waals surface area contributed by atoms with Gasteiger partial charge in [-0.2, -0.15) is 0 Å². The Morgan fingerprint density at radius 1 is 1.08 bits per heavy atom. The number of hydrogen-bond acceptors (Lipinski definition) is 3. The van der Waals surface area contributed by atoms with Crippen molar-refractivity contribution in [2.45, 2.75) is 12.8 Å². The molecule has 2 aromatic rings. The van der Waals surface area contributed by atoms with E-state index in [4.69, 9.17) is 4.74 Å². The summed E-state index contributed by atoms with van der Waals surface area (Å²) < 4.78 is 7.91. The number of amides is 1. The number of nitrogens with zero attached hydrogens (tertiary/aromatic N) is 3. The van der Waals surface area contributed by atoms with Crippen molar-refractivity contribution in [3.05, 3.63) is 54.4 Å². The van der Waals surface area contributed by atoms with Crippen LogP contribution in [-0.2, 0) is 4.74 Å². The fraction of sp³-hybridized carbons (Fsp3) is 0.476. The molecule has 138 valence electrons. The molecule has 1 aromatic carbocycles. The van der Waals surface area contributed by atoms with Crippen LogP contribution in [0.4, 0.5) is 0 Å². The molecule has 2 fully saturated rings.